The number of hydrogen-bond donors (Lipinski definition) is 1. The zero-order chi connectivity index (χ0) is 11.3. The van der Waals surface area contributed by atoms with Gasteiger partial charge in [-0.25, -0.2) is 0 Å². The minimum Gasteiger partial charge on any atom is -0.379 e. The van der Waals surface area contributed by atoms with Gasteiger partial charge in [-0.1, -0.05) is 27.2 Å². The van der Waals surface area contributed by atoms with Gasteiger partial charge < -0.3 is 10.1 Å². The average molecular weight is 213 g/mol. The van der Waals surface area contributed by atoms with Crippen LogP contribution >= 0.6 is 0 Å². The van der Waals surface area contributed by atoms with E-state index in [1.165, 1.54) is 19.3 Å². The summed E-state index contributed by atoms with van der Waals surface area (Å²) in [6.07, 6.45) is 4.98. The summed E-state index contributed by atoms with van der Waals surface area (Å²) in [4.78, 5) is 0. The van der Waals surface area contributed by atoms with Gasteiger partial charge in [-0.05, 0) is 32.1 Å². The lowest BCUT2D eigenvalue weighted by Gasteiger charge is -2.33. The summed E-state index contributed by atoms with van der Waals surface area (Å²) < 4.78 is 5.48. The Labute approximate surface area is 94.8 Å². The lowest BCUT2D eigenvalue weighted by atomic mass is 9.91. The summed E-state index contributed by atoms with van der Waals surface area (Å²) in [7, 11) is 0. The lowest BCUT2D eigenvalue weighted by molar-refractivity contribution is 0.159. The van der Waals surface area contributed by atoms with Crippen LogP contribution in [-0.2, 0) is 4.74 Å². The Morgan fingerprint density at radius 1 is 1.40 bits per heavy atom. The van der Waals surface area contributed by atoms with E-state index >= 15 is 0 Å². The van der Waals surface area contributed by atoms with Crippen molar-refractivity contribution in [1.82, 2.24) is 5.32 Å². The molecule has 1 saturated heterocycles. The predicted molar refractivity (Wildman–Crippen MR) is 65.1 cm³/mol. The molecule has 3 unspecified atom stereocenters. The monoisotopic (exact) mass is 213 g/mol. The molecule has 1 fully saturated rings. The molecule has 3 atom stereocenters. The molecule has 0 spiro atoms. The first-order valence-electron chi connectivity index (χ1n) is 6.46. The highest BCUT2D eigenvalue weighted by Gasteiger charge is 2.32. The minimum absolute atomic E-state index is 0.225. The van der Waals surface area contributed by atoms with E-state index in [0.29, 0.717) is 6.04 Å². The first-order valence-corrected chi connectivity index (χ1v) is 6.46. The van der Waals surface area contributed by atoms with E-state index in [-0.39, 0.29) is 5.54 Å². The van der Waals surface area contributed by atoms with Gasteiger partial charge in [-0.3, -0.25) is 0 Å². The molecule has 0 aromatic heterocycles. The van der Waals surface area contributed by atoms with Gasteiger partial charge in [0, 0.05) is 18.2 Å². The first-order chi connectivity index (χ1) is 7.11. The summed E-state index contributed by atoms with van der Waals surface area (Å²) >= 11 is 0. The standard InChI is InChI=1S/C13H27NO/c1-5-7-11(3)12(6-2)14-13(4)8-9-15-10-13/h11-12,14H,5-10H2,1-4H3. The molecule has 1 rings (SSSR count). The number of ether oxygens (including phenoxy) is 1. The van der Waals surface area contributed by atoms with E-state index in [4.69, 9.17) is 4.74 Å². The normalized spacial score (nSPS) is 30.4. The third-order valence-corrected chi connectivity index (χ3v) is 3.62. The summed E-state index contributed by atoms with van der Waals surface area (Å²) in [5.74, 6) is 0.775. The fraction of sp³-hybridized carbons (Fsp3) is 1.00. The average Bonchev–Trinajstić information content (AvgIpc) is 2.62. The van der Waals surface area contributed by atoms with Crippen LogP contribution in [-0.4, -0.2) is 24.8 Å². The first kappa shape index (κ1) is 13.0. The summed E-state index contributed by atoms with van der Waals surface area (Å²) in [5.41, 5.74) is 0.225. The predicted octanol–water partition coefficient (Wildman–Crippen LogP) is 2.97. The van der Waals surface area contributed by atoms with Gasteiger partial charge in [0.1, 0.15) is 0 Å². The topological polar surface area (TPSA) is 21.3 Å². The van der Waals surface area contributed by atoms with Crippen molar-refractivity contribution < 1.29 is 4.74 Å². The smallest absolute Gasteiger partial charge is 0.0646 e. The molecule has 2 nitrogen and oxygen atoms in total. The van der Waals surface area contributed by atoms with Crippen molar-refractivity contribution >= 4 is 0 Å². The second-order valence-electron chi connectivity index (χ2n) is 5.29. The van der Waals surface area contributed by atoms with E-state index in [0.717, 1.165) is 25.6 Å². The third-order valence-electron chi connectivity index (χ3n) is 3.62. The fourth-order valence-corrected chi connectivity index (χ4v) is 2.53. The molecule has 0 aromatic carbocycles. The molecule has 15 heavy (non-hydrogen) atoms. The van der Waals surface area contributed by atoms with E-state index in [1.807, 2.05) is 0 Å². The molecule has 0 aliphatic carbocycles. The lowest BCUT2D eigenvalue weighted by Crippen LogP contribution is -2.50. The SMILES string of the molecule is CCCC(C)C(CC)NC1(C)CCOC1. The Morgan fingerprint density at radius 3 is 2.60 bits per heavy atom. The quantitative estimate of drug-likeness (QED) is 0.732. The van der Waals surface area contributed by atoms with Crippen LogP contribution in [0.1, 0.15) is 53.4 Å². The molecule has 0 radical (unpaired) electrons. The summed E-state index contributed by atoms with van der Waals surface area (Å²) in [5, 5.41) is 3.80. The van der Waals surface area contributed by atoms with Gasteiger partial charge in [0.25, 0.3) is 0 Å². The second-order valence-corrected chi connectivity index (χ2v) is 5.29. The number of nitrogens with one attached hydrogen (secondary N) is 1. The van der Waals surface area contributed by atoms with Crippen LogP contribution in [0.2, 0.25) is 0 Å². The van der Waals surface area contributed by atoms with Crippen molar-refractivity contribution in [1.29, 1.82) is 0 Å². The third kappa shape index (κ3) is 3.76. The highest BCUT2D eigenvalue weighted by Crippen LogP contribution is 2.22. The van der Waals surface area contributed by atoms with E-state index < -0.39 is 0 Å². The van der Waals surface area contributed by atoms with Crippen LogP contribution in [0.5, 0.6) is 0 Å². The van der Waals surface area contributed by atoms with Gasteiger partial charge in [0.15, 0.2) is 0 Å². The highest BCUT2D eigenvalue weighted by atomic mass is 16.5. The molecular formula is C13H27NO. The van der Waals surface area contributed by atoms with E-state index in [9.17, 15) is 0 Å². The maximum Gasteiger partial charge on any atom is 0.0646 e. The Balaban J connectivity index is 2.44. The van der Waals surface area contributed by atoms with Crippen molar-refractivity contribution in [3.63, 3.8) is 0 Å². The zero-order valence-electron chi connectivity index (χ0n) is 10.8. The molecule has 0 saturated carbocycles. The van der Waals surface area contributed by atoms with Crippen molar-refractivity contribution in [2.45, 2.75) is 65.0 Å². The van der Waals surface area contributed by atoms with Crippen LogP contribution < -0.4 is 5.32 Å². The molecule has 1 aliphatic heterocycles. The van der Waals surface area contributed by atoms with Crippen LogP contribution in [0.15, 0.2) is 0 Å². The van der Waals surface area contributed by atoms with Crippen molar-refractivity contribution in [2.24, 2.45) is 5.92 Å². The molecule has 0 amide bonds. The van der Waals surface area contributed by atoms with Gasteiger partial charge >= 0.3 is 0 Å². The Morgan fingerprint density at radius 2 is 2.13 bits per heavy atom. The fourth-order valence-electron chi connectivity index (χ4n) is 2.53. The van der Waals surface area contributed by atoms with E-state index in [1.54, 1.807) is 0 Å². The molecule has 90 valence electrons. The minimum atomic E-state index is 0.225. The van der Waals surface area contributed by atoms with Crippen molar-refractivity contribution in [3.8, 4) is 0 Å². The molecule has 1 heterocycles. The van der Waals surface area contributed by atoms with Gasteiger partial charge in [-0.15, -0.1) is 0 Å². The van der Waals surface area contributed by atoms with Gasteiger partial charge in [0.05, 0.1) is 6.61 Å². The second kappa shape index (κ2) is 5.86. The molecule has 0 aromatic rings. The molecule has 1 N–H and O–H groups in total. The maximum atomic E-state index is 5.48. The van der Waals surface area contributed by atoms with Crippen LogP contribution in [0.4, 0.5) is 0 Å². The van der Waals surface area contributed by atoms with E-state index in [2.05, 4.69) is 33.0 Å². The summed E-state index contributed by atoms with van der Waals surface area (Å²) in [6.45, 7) is 11.0. The zero-order valence-corrected chi connectivity index (χ0v) is 10.8. The Hall–Kier alpha value is -0.0800. The number of rotatable bonds is 6. The van der Waals surface area contributed by atoms with Crippen LogP contribution in [0.25, 0.3) is 0 Å². The molecule has 0 bridgehead atoms. The molecule has 1 aliphatic rings. The van der Waals surface area contributed by atoms with Crippen molar-refractivity contribution in [3.05, 3.63) is 0 Å². The Bertz CT molecular complexity index is 175. The maximum absolute atomic E-state index is 5.48. The van der Waals surface area contributed by atoms with Crippen molar-refractivity contribution in [2.75, 3.05) is 13.2 Å². The van der Waals surface area contributed by atoms with Crippen LogP contribution in [0.3, 0.4) is 0 Å². The molecule has 2 heteroatoms. The Kier molecular flexibility index (Phi) is 5.07. The largest absolute Gasteiger partial charge is 0.379 e. The molecular weight excluding hydrogens is 186 g/mol. The van der Waals surface area contributed by atoms with Gasteiger partial charge in [0.2, 0.25) is 0 Å². The number of hydrogen-bond acceptors (Lipinski definition) is 2. The highest BCUT2D eigenvalue weighted by molar-refractivity contribution is 4.90. The van der Waals surface area contributed by atoms with Crippen LogP contribution in [0, 0.1) is 5.92 Å². The van der Waals surface area contributed by atoms with Gasteiger partial charge in [-0.2, -0.15) is 0 Å². The summed E-state index contributed by atoms with van der Waals surface area (Å²) in [6, 6.07) is 0.650.